The van der Waals surface area contributed by atoms with Crippen LogP contribution in [0.2, 0.25) is 5.02 Å². The molecule has 1 N–H and O–H groups in total. The zero-order valence-electron chi connectivity index (χ0n) is 12.2. The number of nitrogens with zero attached hydrogens (tertiary/aromatic N) is 1. The topological polar surface area (TPSA) is 66.5 Å². The average molecular weight is 349 g/mol. The summed E-state index contributed by atoms with van der Waals surface area (Å²) in [5, 5.41) is 2.67. The summed E-state index contributed by atoms with van der Waals surface area (Å²) in [6.45, 7) is 0.513. The van der Waals surface area contributed by atoms with Gasteiger partial charge < -0.3 is 5.32 Å². The number of hydrogen-bond donors (Lipinski definition) is 1. The van der Waals surface area contributed by atoms with Gasteiger partial charge in [-0.1, -0.05) is 17.7 Å². The van der Waals surface area contributed by atoms with Crippen molar-refractivity contribution in [3.05, 3.63) is 34.6 Å². The lowest BCUT2D eigenvalue weighted by atomic mass is 9.97. The third-order valence-electron chi connectivity index (χ3n) is 3.85. The van der Waals surface area contributed by atoms with Crippen LogP contribution in [0.1, 0.15) is 18.4 Å². The third kappa shape index (κ3) is 3.77. The van der Waals surface area contributed by atoms with Crippen molar-refractivity contribution >= 4 is 27.5 Å². The number of halogens is 2. The fourth-order valence-corrected chi connectivity index (χ4v) is 4.46. The third-order valence-corrected chi connectivity index (χ3v) is 6.01. The van der Waals surface area contributed by atoms with E-state index in [1.54, 1.807) is 7.05 Å². The summed E-state index contributed by atoms with van der Waals surface area (Å²) in [5.74, 6) is -1.35. The summed E-state index contributed by atoms with van der Waals surface area (Å²) in [4.78, 5) is 11.6. The maximum absolute atomic E-state index is 13.7. The molecule has 1 heterocycles. The first-order valence-electron chi connectivity index (χ1n) is 6.97. The van der Waals surface area contributed by atoms with E-state index >= 15 is 0 Å². The Hall–Kier alpha value is -1.18. The summed E-state index contributed by atoms with van der Waals surface area (Å²) in [5.41, 5.74) is -0.0161. The van der Waals surface area contributed by atoms with Crippen molar-refractivity contribution in [2.24, 2.45) is 5.92 Å². The number of carbonyl (C=O) groups excluding carboxylic acids is 1. The molecule has 0 aromatic heterocycles. The van der Waals surface area contributed by atoms with Crippen LogP contribution in [0.25, 0.3) is 0 Å². The summed E-state index contributed by atoms with van der Waals surface area (Å²) >= 11 is 5.88. The Morgan fingerprint density at radius 1 is 1.41 bits per heavy atom. The predicted octanol–water partition coefficient (Wildman–Crippen LogP) is 1.77. The Balaban J connectivity index is 2.08. The average Bonchev–Trinajstić information content (AvgIpc) is 2.50. The maximum Gasteiger partial charge on any atom is 0.222 e. The Morgan fingerprint density at radius 3 is 2.59 bits per heavy atom. The van der Waals surface area contributed by atoms with Crippen LogP contribution in [0.15, 0.2) is 18.2 Å². The summed E-state index contributed by atoms with van der Waals surface area (Å²) in [6, 6.07) is 4.09. The standard InChI is InChI=1S/C14H18ClFN2O3S/c1-17-14(19)10-5-7-18(8-6-10)22(20,21)9-11-12(15)3-2-4-13(11)16/h2-4,10H,5-9H2,1H3,(H,17,19). The SMILES string of the molecule is CNC(=O)C1CCN(S(=O)(=O)Cc2c(F)cccc2Cl)CC1. The van der Waals surface area contributed by atoms with Crippen molar-refractivity contribution < 1.29 is 17.6 Å². The first kappa shape index (κ1) is 17.2. The van der Waals surface area contributed by atoms with Crippen LogP contribution in [-0.4, -0.2) is 38.8 Å². The number of carbonyl (C=O) groups is 1. The van der Waals surface area contributed by atoms with Crippen molar-refractivity contribution in [2.45, 2.75) is 18.6 Å². The number of nitrogens with one attached hydrogen (secondary N) is 1. The molecule has 5 nitrogen and oxygen atoms in total. The Kier molecular flexibility index (Phi) is 5.41. The van der Waals surface area contributed by atoms with Gasteiger partial charge in [0, 0.05) is 36.6 Å². The van der Waals surface area contributed by atoms with Crippen LogP contribution < -0.4 is 5.32 Å². The largest absolute Gasteiger partial charge is 0.359 e. The van der Waals surface area contributed by atoms with Crippen molar-refractivity contribution in [1.82, 2.24) is 9.62 Å². The minimum Gasteiger partial charge on any atom is -0.359 e. The molecule has 1 saturated heterocycles. The Bertz CT molecular complexity index is 638. The minimum atomic E-state index is -3.66. The highest BCUT2D eigenvalue weighted by molar-refractivity contribution is 7.88. The second kappa shape index (κ2) is 6.93. The smallest absolute Gasteiger partial charge is 0.222 e. The number of hydrogen-bond acceptors (Lipinski definition) is 3. The van der Waals surface area contributed by atoms with E-state index in [2.05, 4.69) is 5.32 Å². The van der Waals surface area contributed by atoms with Crippen molar-refractivity contribution in [2.75, 3.05) is 20.1 Å². The molecular weight excluding hydrogens is 331 g/mol. The summed E-state index contributed by atoms with van der Waals surface area (Å²) < 4.78 is 39.9. The normalized spacial score (nSPS) is 17.4. The van der Waals surface area contributed by atoms with Crippen LogP contribution in [0, 0.1) is 11.7 Å². The predicted molar refractivity (Wildman–Crippen MR) is 82.4 cm³/mol. The zero-order valence-corrected chi connectivity index (χ0v) is 13.8. The van der Waals surface area contributed by atoms with Gasteiger partial charge in [-0.05, 0) is 25.0 Å². The molecule has 1 aliphatic heterocycles. The molecule has 1 fully saturated rings. The summed E-state index contributed by atoms with van der Waals surface area (Å²) in [6.07, 6.45) is 0.924. The molecule has 1 aromatic carbocycles. The Labute approximate surface area is 134 Å². The number of piperidine rings is 1. The van der Waals surface area contributed by atoms with Gasteiger partial charge in [0.15, 0.2) is 0 Å². The van der Waals surface area contributed by atoms with Crippen molar-refractivity contribution in [1.29, 1.82) is 0 Å². The first-order valence-corrected chi connectivity index (χ1v) is 8.96. The molecule has 0 unspecified atom stereocenters. The lowest BCUT2D eigenvalue weighted by Gasteiger charge is -2.30. The molecule has 8 heteroatoms. The van der Waals surface area contributed by atoms with Crippen molar-refractivity contribution in [3.8, 4) is 0 Å². The van der Waals surface area contributed by atoms with E-state index in [0.717, 1.165) is 0 Å². The van der Waals surface area contributed by atoms with E-state index in [1.807, 2.05) is 0 Å². The number of rotatable bonds is 4. The van der Waals surface area contributed by atoms with E-state index in [9.17, 15) is 17.6 Å². The van der Waals surface area contributed by atoms with Gasteiger partial charge in [-0.25, -0.2) is 17.1 Å². The second-order valence-electron chi connectivity index (χ2n) is 5.24. The number of benzene rings is 1. The maximum atomic E-state index is 13.7. The van der Waals surface area contributed by atoms with Gasteiger partial charge in [-0.15, -0.1) is 0 Å². The molecule has 0 spiro atoms. The molecule has 1 aliphatic rings. The van der Waals surface area contributed by atoms with Crippen LogP contribution in [0.3, 0.4) is 0 Å². The van der Waals surface area contributed by atoms with Gasteiger partial charge in [0.2, 0.25) is 15.9 Å². The van der Waals surface area contributed by atoms with Crippen molar-refractivity contribution in [3.63, 3.8) is 0 Å². The quantitative estimate of drug-likeness (QED) is 0.901. The highest BCUT2D eigenvalue weighted by Crippen LogP contribution is 2.25. The molecule has 22 heavy (non-hydrogen) atoms. The molecule has 0 saturated carbocycles. The van der Waals surface area contributed by atoms with Gasteiger partial charge in [-0.2, -0.15) is 0 Å². The van der Waals surface area contributed by atoms with Crippen LogP contribution in [0.4, 0.5) is 4.39 Å². The van der Waals surface area contributed by atoms with Gasteiger partial charge in [0.05, 0.1) is 5.75 Å². The molecule has 2 rings (SSSR count). The van der Waals surface area contributed by atoms with E-state index < -0.39 is 21.6 Å². The minimum absolute atomic E-state index is 0.0161. The zero-order chi connectivity index (χ0) is 16.3. The highest BCUT2D eigenvalue weighted by atomic mass is 35.5. The fourth-order valence-electron chi connectivity index (χ4n) is 2.54. The number of amides is 1. The molecule has 0 bridgehead atoms. The van der Waals surface area contributed by atoms with E-state index in [0.29, 0.717) is 12.8 Å². The molecule has 0 aliphatic carbocycles. The summed E-state index contributed by atoms with van der Waals surface area (Å²) in [7, 11) is -2.10. The van der Waals surface area contributed by atoms with E-state index in [4.69, 9.17) is 11.6 Å². The van der Waals surface area contributed by atoms with Gasteiger partial charge in [-0.3, -0.25) is 4.79 Å². The Morgan fingerprint density at radius 2 is 2.05 bits per heavy atom. The lowest BCUT2D eigenvalue weighted by Crippen LogP contribution is -2.42. The van der Waals surface area contributed by atoms with Gasteiger partial charge in [0.1, 0.15) is 5.82 Å². The highest BCUT2D eigenvalue weighted by Gasteiger charge is 2.31. The molecular formula is C14H18ClFN2O3S. The molecule has 0 atom stereocenters. The van der Waals surface area contributed by atoms with E-state index in [1.165, 1.54) is 22.5 Å². The van der Waals surface area contributed by atoms with E-state index in [-0.39, 0.29) is 35.5 Å². The first-order chi connectivity index (χ1) is 10.3. The molecule has 1 amide bonds. The molecule has 0 radical (unpaired) electrons. The molecule has 1 aromatic rings. The monoisotopic (exact) mass is 348 g/mol. The lowest BCUT2D eigenvalue weighted by molar-refractivity contribution is -0.125. The van der Waals surface area contributed by atoms with Crippen LogP contribution >= 0.6 is 11.6 Å². The molecule has 122 valence electrons. The van der Waals surface area contributed by atoms with Gasteiger partial charge >= 0.3 is 0 Å². The van der Waals surface area contributed by atoms with Gasteiger partial charge in [0.25, 0.3) is 0 Å². The van der Waals surface area contributed by atoms with Crippen LogP contribution in [-0.2, 0) is 20.6 Å². The van der Waals surface area contributed by atoms with Crippen LogP contribution in [0.5, 0.6) is 0 Å². The number of sulfonamides is 1. The fraction of sp³-hybridized carbons (Fsp3) is 0.500. The second-order valence-corrected chi connectivity index (χ2v) is 7.62.